The molecule has 80 valence electrons. The van der Waals surface area contributed by atoms with E-state index < -0.39 is 0 Å². The van der Waals surface area contributed by atoms with Crippen LogP contribution in [0.25, 0.3) is 0 Å². The Labute approximate surface area is 84.3 Å². The lowest BCUT2D eigenvalue weighted by atomic mass is 9.93. The highest BCUT2D eigenvalue weighted by molar-refractivity contribution is 5.08. The van der Waals surface area contributed by atoms with Gasteiger partial charge in [-0.05, 0) is 11.8 Å². The van der Waals surface area contributed by atoms with Crippen molar-refractivity contribution in [1.82, 2.24) is 14.8 Å². The van der Waals surface area contributed by atoms with E-state index in [4.69, 9.17) is 10.5 Å². The van der Waals surface area contributed by atoms with Crippen molar-refractivity contribution >= 4 is 5.95 Å². The monoisotopic (exact) mass is 198 g/mol. The largest absolute Gasteiger partial charge is 0.367 e. The minimum Gasteiger partial charge on any atom is -0.367 e. The van der Waals surface area contributed by atoms with Crippen LogP contribution in [-0.2, 0) is 11.5 Å². The van der Waals surface area contributed by atoms with Crippen LogP contribution in [0.2, 0.25) is 0 Å². The van der Waals surface area contributed by atoms with E-state index in [2.05, 4.69) is 30.9 Å². The average Bonchev–Trinajstić information content (AvgIpc) is 2.44. The van der Waals surface area contributed by atoms with Crippen molar-refractivity contribution in [2.45, 2.75) is 33.9 Å². The van der Waals surface area contributed by atoms with Gasteiger partial charge in [0.2, 0.25) is 5.95 Å². The minimum absolute atomic E-state index is 0.282. The number of hydrogen-bond donors (Lipinski definition) is 1. The molecule has 0 aliphatic rings. The Morgan fingerprint density at radius 3 is 2.71 bits per heavy atom. The Hall–Kier alpha value is -1.10. The molecule has 0 bridgehead atoms. The molecule has 1 heterocycles. The van der Waals surface area contributed by atoms with E-state index in [9.17, 15) is 0 Å². The lowest BCUT2D eigenvalue weighted by Crippen LogP contribution is -2.11. The summed E-state index contributed by atoms with van der Waals surface area (Å²) in [6.07, 6.45) is 2.59. The van der Waals surface area contributed by atoms with Crippen molar-refractivity contribution < 1.29 is 4.74 Å². The first-order valence-electron chi connectivity index (χ1n) is 4.70. The van der Waals surface area contributed by atoms with Crippen molar-refractivity contribution in [1.29, 1.82) is 0 Å². The van der Waals surface area contributed by atoms with Crippen LogP contribution in [0.3, 0.4) is 0 Å². The highest BCUT2D eigenvalue weighted by atomic mass is 16.5. The third-order valence-corrected chi connectivity index (χ3v) is 1.77. The molecule has 1 rings (SSSR count). The van der Waals surface area contributed by atoms with Gasteiger partial charge in [-0.15, -0.1) is 5.10 Å². The van der Waals surface area contributed by atoms with Crippen molar-refractivity contribution in [2.75, 3.05) is 12.3 Å². The quantitative estimate of drug-likeness (QED) is 0.740. The lowest BCUT2D eigenvalue weighted by molar-refractivity contribution is 0.0517. The average molecular weight is 198 g/mol. The summed E-state index contributed by atoms with van der Waals surface area (Å²) in [5, 5.41) is 3.90. The first-order chi connectivity index (χ1) is 6.47. The lowest BCUT2D eigenvalue weighted by Gasteiger charge is -2.17. The summed E-state index contributed by atoms with van der Waals surface area (Å²) >= 11 is 0. The molecule has 0 saturated heterocycles. The predicted molar refractivity (Wildman–Crippen MR) is 54.5 cm³/mol. The van der Waals surface area contributed by atoms with E-state index in [0.717, 1.165) is 13.0 Å². The number of ether oxygens (including phenoxy) is 1. The van der Waals surface area contributed by atoms with Crippen LogP contribution in [-0.4, -0.2) is 21.4 Å². The topological polar surface area (TPSA) is 66.0 Å². The third-order valence-electron chi connectivity index (χ3n) is 1.77. The molecule has 0 amide bonds. The maximum atomic E-state index is 5.41. The first-order valence-corrected chi connectivity index (χ1v) is 4.70. The molecule has 0 saturated carbocycles. The summed E-state index contributed by atoms with van der Waals surface area (Å²) in [5.41, 5.74) is 5.66. The van der Waals surface area contributed by atoms with Gasteiger partial charge in [-0.25, -0.2) is 9.67 Å². The second-order valence-electron chi connectivity index (χ2n) is 4.49. The molecule has 0 radical (unpaired) electrons. The van der Waals surface area contributed by atoms with Crippen molar-refractivity contribution in [3.05, 3.63) is 6.33 Å². The van der Waals surface area contributed by atoms with Crippen LogP contribution in [0.1, 0.15) is 27.2 Å². The molecule has 0 atom stereocenters. The molecule has 5 nitrogen and oxygen atoms in total. The Morgan fingerprint density at radius 1 is 1.50 bits per heavy atom. The van der Waals surface area contributed by atoms with Gasteiger partial charge in [0.05, 0.1) is 0 Å². The van der Waals surface area contributed by atoms with Gasteiger partial charge in [0.15, 0.2) is 0 Å². The van der Waals surface area contributed by atoms with E-state index in [1.54, 1.807) is 11.0 Å². The Kier molecular flexibility index (Phi) is 3.46. The van der Waals surface area contributed by atoms with Crippen LogP contribution >= 0.6 is 0 Å². The second kappa shape index (κ2) is 4.41. The van der Waals surface area contributed by atoms with Crippen LogP contribution < -0.4 is 5.73 Å². The minimum atomic E-state index is 0.282. The van der Waals surface area contributed by atoms with Crippen molar-refractivity contribution in [3.8, 4) is 0 Å². The Morgan fingerprint density at radius 2 is 2.21 bits per heavy atom. The van der Waals surface area contributed by atoms with Crippen LogP contribution in [0.15, 0.2) is 6.33 Å². The van der Waals surface area contributed by atoms with E-state index in [-0.39, 0.29) is 5.95 Å². The molecule has 1 aromatic heterocycles. The van der Waals surface area contributed by atoms with Crippen molar-refractivity contribution in [2.24, 2.45) is 5.41 Å². The zero-order valence-corrected chi connectivity index (χ0v) is 9.03. The summed E-state index contributed by atoms with van der Waals surface area (Å²) in [7, 11) is 0. The molecular weight excluding hydrogens is 180 g/mol. The van der Waals surface area contributed by atoms with Gasteiger partial charge in [-0.2, -0.15) is 0 Å². The van der Waals surface area contributed by atoms with E-state index >= 15 is 0 Å². The Bertz CT molecular complexity index is 277. The zero-order valence-electron chi connectivity index (χ0n) is 9.03. The van der Waals surface area contributed by atoms with E-state index in [0.29, 0.717) is 12.1 Å². The molecule has 5 heteroatoms. The number of nitrogen functional groups attached to an aromatic ring is 1. The van der Waals surface area contributed by atoms with Crippen LogP contribution in [0.4, 0.5) is 5.95 Å². The first kappa shape index (κ1) is 11.0. The zero-order chi connectivity index (χ0) is 10.6. The molecule has 0 aliphatic heterocycles. The number of nitrogens with zero attached hydrogens (tertiary/aromatic N) is 3. The number of hydrogen-bond acceptors (Lipinski definition) is 4. The highest BCUT2D eigenvalue weighted by Crippen LogP contribution is 2.17. The molecule has 14 heavy (non-hydrogen) atoms. The van der Waals surface area contributed by atoms with Gasteiger partial charge in [0, 0.05) is 6.61 Å². The SMILES string of the molecule is CC(C)(C)CCOCn1cnc(N)n1. The second-order valence-corrected chi connectivity index (χ2v) is 4.49. The van der Waals surface area contributed by atoms with Gasteiger partial charge in [0.1, 0.15) is 13.1 Å². The number of nitrogens with two attached hydrogens (primary N) is 1. The summed E-state index contributed by atoms with van der Waals surface area (Å²) in [6.45, 7) is 7.70. The number of aromatic nitrogens is 3. The fraction of sp³-hybridized carbons (Fsp3) is 0.778. The van der Waals surface area contributed by atoms with Gasteiger partial charge in [-0.3, -0.25) is 0 Å². The smallest absolute Gasteiger partial charge is 0.239 e. The molecule has 0 spiro atoms. The van der Waals surface area contributed by atoms with Crippen LogP contribution in [0, 0.1) is 5.41 Å². The molecule has 0 aromatic carbocycles. The van der Waals surface area contributed by atoms with Crippen LogP contribution in [0.5, 0.6) is 0 Å². The van der Waals surface area contributed by atoms with E-state index in [1.807, 2.05) is 0 Å². The van der Waals surface area contributed by atoms with Gasteiger partial charge >= 0.3 is 0 Å². The molecule has 0 aliphatic carbocycles. The van der Waals surface area contributed by atoms with E-state index in [1.165, 1.54) is 0 Å². The summed E-state index contributed by atoms with van der Waals surface area (Å²) in [4.78, 5) is 3.79. The molecule has 0 fully saturated rings. The summed E-state index contributed by atoms with van der Waals surface area (Å²) in [5.74, 6) is 0.282. The molecule has 2 N–H and O–H groups in total. The number of anilines is 1. The third kappa shape index (κ3) is 4.23. The normalized spacial score (nSPS) is 11.9. The van der Waals surface area contributed by atoms with Crippen molar-refractivity contribution in [3.63, 3.8) is 0 Å². The summed E-state index contributed by atoms with van der Waals surface area (Å²) in [6, 6.07) is 0. The molecule has 0 unspecified atom stereocenters. The van der Waals surface area contributed by atoms with Gasteiger partial charge < -0.3 is 10.5 Å². The standard InChI is InChI=1S/C9H18N4O/c1-9(2,3)4-5-14-7-13-6-11-8(10)12-13/h6H,4-5,7H2,1-3H3,(H2,10,12). The summed E-state index contributed by atoms with van der Waals surface area (Å²) < 4.78 is 7.00. The Balaban J connectivity index is 2.16. The van der Waals surface area contributed by atoms with Gasteiger partial charge in [0.25, 0.3) is 0 Å². The molecular formula is C9H18N4O. The fourth-order valence-electron chi connectivity index (χ4n) is 0.908. The van der Waals surface area contributed by atoms with Gasteiger partial charge in [-0.1, -0.05) is 20.8 Å². The number of rotatable bonds is 4. The predicted octanol–water partition coefficient (Wildman–Crippen LogP) is 1.27. The fourth-order valence-corrected chi connectivity index (χ4v) is 0.908. The maximum absolute atomic E-state index is 5.41. The molecule has 1 aromatic rings. The highest BCUT2D eigenvalue weighted by Gasteiger charge is 2.09. The maximum Gasteiger partial charge on any atom is 0.239 e.